The number of oxime groups is 1. The zero-order valence-electron chi connectivity index (χ0n) is 9.30. The van der Waals surface area contributed by atoms with Crippen molar-refractivity contribution >= 4 is 11.7 Å². The van der Waals surface area contributed by atoms with E-state index in [1.54, 1.807) is 12.3 Å². The largest absolute Gasteiger partial charge is 0.409 e. The quantitative estimate of drug-likeness (QED) is 0.344. The molecule has 1 aromatic heterocycles. The number of rotatable bonds is 4. The predicted octanol–water partition coefficient (Wildman–Crippen LogP) is 1.02. The predicted molar refractivity (Wildman–Crippen MR) is 62.7 cm³/mol. The molecule has 1 aliphatic carbocycles. The molecule has 5 nitrogen and oxygen atoms in total. The van der Waals surface area contributed by atoms with E-state index in [1.807, 2.05) is 13.1 Å². The Morgan fingerprint density at radius 2 is 2.44 bits per heavy atom. The molecular formula is C11H16N4O. The molecule has 0 bridgehead atoms. The van der Waals surface area contributed by atoms with Crippen LogP contribution in [0.4, 0.5) is 5.82 Å². The molecule has 0 atom stereocenters. The Bertz CT molecular complexity index is 401. The molecule has 0 aromatic carbocycles. The highest BCUT2D eigenvalue weighted by Crippen LogP contribution is 2.30. The third-order valence-corrected chi connectivity index (χ3v) is 2.77. The van der Waals surface area contributed by atoms with E-state index in [2.05, 4.69) is 15.0 Å². The van der Waals surface area contributed by atoms with Crippen molar-refractivity contribution < 1.29 is 5.21 Å². The normalized spacial score (nSPS) is 16.2. The summed E-state index contributed by atoms with van der Waals surface area (Å²) in [6.45, 7) is 1.02. The molecule has 3 N–H and O–H groups in total. The van der Waals surface area contributed by atoms with Gasteiger partial charge in [0.1, 0.15) is 5.82 Å². The summed E-state index contributed by atoms with van der Waals surface area (Å²) in [5.41, 5.74) is 6.22. The Hall–Kier alpha value is -1.78. The summed E-state index contributed by atoms with van der Waals surface area (Å²) in [7, 11) is 2.01. The molecular weight excluding hydrogens is 204 g/mol. The zero-order valence-corrected chi connectivity index (χ0v) is 9.30. The van der Waals surface area contributed by atoms with Crippen LogP contribution in [0.5, 0.6) is 0 Å². The average Bonchev–Trinajstić information content (AvgIpc) is 3.12. The first kappa shape index (κ1) is 10.7. The Morgan fingerprint density at radius 1 is 1.69 bits per heavy atom. The highest BCUT2D eigenvalue weighted by Gasteiger charge is 2.23. The summed E-state index contributed by atoms with van der Waals surface area (Å²) in [6.07, 6.45) is 4.29. The van der Waals surface area contributed by atoms with E-state index in [1.165, 1.54) is 12.8 Å². The number of hydrogen-bond donors (Lipinski definition) is 2. The molecule has 5 heteroatoms. The van der Waals surface area contributed by atoms with E-state index < -0.39 is 0 Å². The first-order chi connectivity index (χ1) is 7.70. The van der Waals surface area contributed by atoms with Crippen LogP contribution in [-0.2, 0) is 0 Å². The van der Waals surface area contributed by atoms with Crippen molar-refractivity contribution in [2.24, 2.45) is 16.8 Å². The molecule has 2 rings (SSSR count). The van der Waals surface area contributed by atoms with Crippen LogP contribution in [0.3, 0.4) is 0 Å². The van der Waals surface area contributed by atoms with Crippen LogP contribution in [0.15, 0.2) is 23.5 Å². The van der Waals surface area contributed by atoms with Crippen molar-refractivity contribution in [3.63, 3.8) is 0 Å². The molecule has 0 radical (unpaired) electrons. The van der Waals surface area contributed by atoms with Crippen LogP contribution < -0.4 is 10.6 Å². The maximum atomic E-state index is 8.60. The highest BCUT2D eigenvalue weighted by molar-refractivity contribution is 5.97. The molecule has 1 aliphatic rings. The Balaban J connectivity index is 2.13. The van der Waals surface area contributed by atoms with Crippen molar-refractivity contribution in [2.45, 2.75) is 12.8 Å². The summed E-state index contributed by atoms with van der Waals surface area (Å²) in [4.78, 5) is 6.37. The van der Waals surface area contributed by atoms with Gasteiger partial charge in [-0.05, 0) is 30.9 Å². The van der Waals surface area contributed by atoms with Crippen molar-refractivity contribution in [2.75, 3.05) is 18.5 Å². The van der Waals surface area contributed by atoms with E-state index in [0.717, 1.165) is 18.3 Å². The van der Waals surface area contributed by atoms with Gasteiger partial charge in [0.2, 0.25) is 0 Å². The molecule has 86 valence electrons. The van der Waals surface area contributed by atoms with Crippen LogP contribution in [-0.4, -0.2) is 29.6 Å². The van der Waals surface area contributed by atoms with Gasteiger partial charge in [-0.15, -0.1) is 0 Å². The zero-order chi connectivity index (χ0) is 11.5. The standard InChI is InChI=1S/C11H16N4O/c1-15(7-8-2-3-8)10-6-9(4-5-13-10)11(12)14-16/h4-6,8,16H,2-3,7H2,1H3,(H2,12,14). The third-order valence-electron chi connectivity index (χ3n) is 2.77. The van der Waals surface area contributed by atoms with Gasteiger partial charge in [-0.2, -0.15) is 0 Å². The number of nitrogens with zero attached hydrogens (tertiary/aromatic N) is 3. The molecule has 0 saturated heterocycles. The summed E-state index contributed by atoms with van der Waals surface area (Å²) in [5.74, 6) is 1.78. The molecule has 1 saturated carbocycles. The van der Waals surface area contributed by atoms with Gasteiger partial charge in [-0.25, -0.2) is 4.98 Å². The Labute approximate surface area is 94.6 Å². The first-order valence-electron chi connectivity index (χ1n) is 5.36. The van der Waals surface area contributed by atoms with Crippen molar-refractivity contribution in [3.8, 4) is 0 Å². The van der Waals surface area contributed by atoms with E-state index in [9.17, 15) is 0 Å². The third kappa shape index (κ3) is 2.42. The number of nitrogens with two attached hydrogens (primary N) is 1. The van der Waals surface area contributed by atoms with Crippen LogP contribution in [0, 0.1) is 5.92 Å². The topological polar surface area (TPSA) is 74.7 Å². The summed E-state index contributed by atoms with van der Waals surface area (Å²) >= 11 is 0. The minimum atomic E-state index is 0.114. The Morgan fingerprint density at radius 3 is 3.06 bits per heavy atom. The van der Waals surface area contributed by atoms with Gasteiger partial charge < -0.3 is 15.8 Å². The number of anilines is 1. The van der Waals surface area contributed by atoms with Crippen molar-refractivity contribution in [3.05, 3.63) is 23.9 Å². The summed E-state index contributed by atoms with van der Waals surface area (Å²) in [6, 6.07) is 3.56. The fourth-order valence-corrected chi connectivity index (χ4v) is 1.63. The van der Waals surface area contributed by atoms with E-state index in [4.69, 9.17) is 10.9 Å². The van der Waals surface area contributed by atoms with Crippen LogP contribution in [0.2, 0.25) is 0 Å². The number of aromatic nitrogens is 1. The van der Waals surface area contributed by atoms with Crippen LogP contribution in [0.25, 0.3) is 0 Å². The Kier molecular flexibility index (Phi) is 2.94. The first-order valence-corrected chi connectivity index (χ1v) is 5.36. The molecule has 1 fully saturated rings. The number of pyridine rings is 1. The SMILES string of the molecule is CN(CC1CC1)c1cc(/C(N)=N/O)ccn1. The second-order valence-electron chi connectivity index (χ2n) is 4.21. The molecule has 1 heterocycles. The monoisotopic (exact) mass is 220 g/mol. The highest BCUT2D eigenvalue weighted by atomic mass is 16.4. The lowest BCUT2D eigenvalue weighted by Gasteiger charge is -2.18. The van der Waals surface area contributed by atoms with E-state index >= 15 is 0 Å². The lowest BCUT2D eigenvalue weighted by Crippen LogP contribution is -2.22. The fraction of sp³-hybridized carbons (Fsp3) is 0.455. The number of hydrogen-bond acceptors (Lipinski definition) is 4. The van der Waals surface area contributed by atoms with Crippen LogP contribution in [0.1, 0.15) is 18.4 Å². The summed E-state index contributed by atoms with van der Waals surface area (Å²) < 4.78 is 0. The molecule has 0 amide bonds. The minimum Gasteiger partial charge on any atom is -0.409 e. The fourth-order valence-electron chi connectivity index (χ4n) is 1.63. The lowest BCUT2D eigenvalue weighted by atomic mass is 10.2. The molecule has 16 heavy (non-hydrogen) atoms. The van der Waals surface area contributed by atoms with Gasteiger partial charge in [-0.1, -0.05) is 5.16 Å². The summed E-state index contributed by atoms with van der Waals surface area (Å²) in [5, 5.41) is 11.6. The maximum Gasteiger partial charge on any atom is 0.170 e. The maximum absolute atomic E-state index is 8.60. The van der Waals surface area contributed by atoms with Gasteiger partial charge >= 0.3 is 0 Å². The van der Waals surface area contributed by atoms with Crippen molar-refractivity contribution in [1.29, 1.82) is 0 Å². The molecule has 0 spiro atoms. The second kappa shape index (κ2) is 4.38. The lowest BCUT2D eigenvalue weighted by molar-refractivity contribution is 0.318. The second-order valence-corrected chi connectivity index (χ2v) is 4.21. The van der Waals surface area contributed by atoms with Crippen LogP contribution >= 0.6 is 0 Å². The molecule has 0 unspecified atom stereocenters. The van der Waals surface area contributed by atoms with E-state index in [0.29, 0.717) is 5.56 Å². The van der Waals surface area contributed by atoms with Gasteiger partial charge in [0.05, 0.1) is 0 Å². The molecule has 0 aliphatic heterocycles. The van der Waals surface area contributed by atoms with Gasteiger partial charge in [0.15, 0.2) is 5.84 Å². The van der Waals surface area contributed by atoms with E-state index in [-0.39, 0.29) is 5.84 Å². The van der Waals surface area contributed by atoms with Gasteiger partial charge in [-0.3, -0.25) is 0 Å². The van der Waals surface area contributed by atoms with Crippen molar-refractivity contribution in [1.82, 2.24) is 4.98 Å². The average molecular weight is 220 g/mol. The smallest absolute Gasteiger partial charge is 0.170 e. The molecule has 1 aromatic rings. The minimum absolute atomic E-state index is 0.114. The number of amidine groups is 1. The van der Waals surface area contributed by atoms with Gasteiger partial charge in [0.25, 0.3) is 0 Å². The van der Waals surface area contributed by atoms with Gasteiger partial charge in [0, 0.05) is 25.4 Å².